The number of para-hydroxylation sites is 1. The van der Waals surface area contributed by atoms with Crippen LogP contribution in [0.2, 0.25) is 0 Å². The second kappa shape index (κ2) is 7.57. The molecule has 1 amide bonds. The van der Waals surface area contributed by atoms with E-state index < -0.39 is 0 Å². The van der Waals surface area contributed by atoms with Crippen LogP contribution in [0, 0.1) is 0 Å². The van der Waals surface area contributed by atoms with E-state index in [1.54, 1.807) is 16.8 Å². The van der Waals surface area contributed by atoms with Gasteiger partial charge in [-0.2, -0.15) is 0 Å². The van der Waals surface area contributed by atoms with Crippen LogP contribution in [0.15, 0.2) is 41.2 Å². The normalized spacial score (nSPS) is 20.3. The van der Waals surface area contributed by atoms with Crippen molar-refractivity contribution in [2.45, 2.75) is 25.2 Å². The highest BCUT2D eigenvalue weighted by molar-refractivity contribution is 7.07. The fourth-order valence-electron chi connectivity index (χ4n) is 3.29. The molecule has 6 nitrogen and oxygen atoms in total. The Morgan fingerprint density at radius 2 is 2.35 bits per heavy atom. The Hall–Kier alpha value is -2.22. The molecule has 2 aromatic heterocycles. The van der Waals surface area contributed by atoms with Crippen molar-refractivity contribution in [3.63, 3.8) is 0 Å². The number of ether oxygens (including phenoxy) is 2. The van der Waals surface area contributed by atoms with Crippen LogP contribution in [0.5, 0.6) is 0 Å². The number of thiazole rings is 1. The summed E-state index contributed by atoms with van der Waals surface area (Å²) in [7, 11) is 1.91. The largest absolute Gasteiger partial charge is 0.379 e. The Bertz CT molecular complexity index is 891. The number of hydrogen-bond acceptors (Lipinski definition) is 5. The number of nitrogens with zero attached hydrogens (tertiary/aromatic N) is 2. The van der Waals surface area contributed by atoms with E-state index in [0.29, 0.717) is 25.5 Å². The summed E-state index contributed by atoms with van der Waals surface area (Å²) in [5.74, 6) is -0.0853. The molecule has 7 heteroatoms. The molecular formula is C19H21N3O3S. The first-order valence-electron chi connectivity index (χ1n) is 8.64. The van der Waals surface area contributed by atoms with E-state index >= 15 is 0 Å². The molecule has 3 heterocycles. The number of amides is 1. The molecule has 1 aliphatic rings. The Balaban J connectivity index is 1.46. The number of hydrogen-bond donors (Lipinski definition) is 1. The molecule has 2 atom stereocenters. The summed E-state index contributed by atoms with van der Waals surface area (Å²) in [6, 6.07) is 9.83. The molecule has 26 heavy (non-hydrogen) atoms. The van der Waals surface area contributed by atoms with Crippen molar-refractivity contribution in [3.8, 4) is 0 Å². The van der Waals surface area contributed by atoms with Crippen LogP contribution in [0.25, 0.3) is 10.9 Å². The van der Waals surface area contributed by atoms with Crippen molar-refractivity contribution < 1.29 is 14.3 Å². The topological polar surface area (TPSA) is 65.4 Å². The third kappa shape index (κ3) is 3.51. The van der Waals surface area contributed by atoms with E-state index in [0.717, 1.165) is 23.0 Å². The summed E-state index contributed by atoms with van der Waals surface area (Å²) in [5.41, 5.74) is 4.38. The van der Waals surface area contributed by atoms with Gasteiger partial charge >= 0.3 is 0 Å². The molecular weight excluding hydrogens is 350 g/mol. The van der Waals surface area contributed by atoms with Crippen molar-refractivity contribution in [1.82, 2.24) is 14.9 Å². The fraction of sp³-hybridized carbons (Fsp3) is 0.368. The smallest absolute Gasteiger partial charge is 0.268 e. The van der Waals surface area contributed by atoms with Crippen LogP contribution in [-0.2, 0) is 23.1 Å². The van der Waals surface area contributed by atoms with Gasteiger partial charge in [-0.25, -0.2) is 4.98 Å². The third-order valence-electron chi connectivity index (χ3n) is 4.73. The van der Waals surface area contributed by atoms with Crippen LogP contribution < -0.4 is 5.32 Å². The minimum absolute atomic E-state index is 0.0760. The molecule has 4 rings (SSSR count). The molecule has 0 saturated carbocycles. The lowest BCUT2D eigenvalue weighted by Gasteiger charge is -2.32. The zero-order valence-electron chi connectivity index (χ0n) is 14.6. The highest BCUT2D eigenvalue weighted by Gasteiger charge is 2.29. The molecule has 1 aromatic carbocycles. The highest BCUT2D eigenvalue weighted by Crippen LogP contribution is 2.20. The molecule has 1 aliphatic heterocycles. The standard InChI is InChI=1S/C19H21N3O3S/c1-22-16-5-3-2-4-13(16)8-17(22)19(23)21-15-6-7-24-10-18(15)25-9-14-11-26-12-20-14/h2-5,8,11-12,15,18H,6-7,9-10H2,1H3,(H,21,23)/t15-,18-/m1/s1. The lowest BCUT2D eigenvalue weighted by Crippen LogP contribution is -2.50. The maximum absolute atomic E-state index is 12.8. The van der Waals surface area contributed by atoms with E-state index in [1.807, 2.05) is 47.3 Å². The average Bonchev–Trinajstić information content (AvgIpc) is 3.29. The molecule has 0 radical (unpaired) electrons. The summed E-state index contributed by atoms with van der Waals surface area (Å²) in [5, 5.41) is 6.16. The van der Waals surface area contributed by atoms with E-state index in [9.17, 15) is 4.79 Å². The highest BCUT2D eigenvalue weighted by atomic mass is 32.1. The van der Waals surface area contributed by atoms with Gasteiger partial charge in [-0.3, -0.25) is 4.79 Å². The number of aryl methyl sites for hydroxylation is 1. The van der Waals surface area contributed by atoms with Crippen LogP contribution >= 0.6 is 11.3 Å². The quantitative estimate of drug-likeness (QED) is 0.749. The number of rotatable bonds is 5. The molecule has 1 N–H and O–H groups in total. The fourth-order valence-corrected chi connectivity index (χ4v) is 3.83. The Kier molecular flexibility index (Phi) is 5.01. The van der Waals surface area contributed by atoms with Gasteiger partial charge in [-0.15, -0.1) is 11.3 Å². The van der Waals surface area contributed by atoms with Gasteiger partial charge in [0.15, 0.2) is 0 Å². The first kappa shape index (κ1) is 17.2. The van der Waals surface area contributed by atoms with E-state index in [2.05, 4.69) is 10.3 Å². The first-order chi connectivity index (χ1) is 12.7. The maximum atomic E-state index is 12.8. The maximum Gasteiger partial charge on any atom is 0.268 e. The first-order valence-corrected chi connectivity index (χ1v) is 9.58. The number of aromatic nitrogens is 2. The van der Waals surface area contributed by atoms with Crippen LogP contribution in [0.1, 0.15) is 22.6 Å². The van der Waals surface area contributed by atoms with Gasteiger partial charge in [-0.05, 0) is 18.6 Å². The monoisotopic (exact) mass is 371 g/mol. The van der Waals surface area contributed by atoms with Crippen molar-refractivity contribution >= 4 is 28.1 Å². The molecule has 0 aliphatic carbocycles. The van der Waals surface area contributed by atoms with Gasteiger partial charge in [0, 0.05) is 29.9 Å². The van der Waals surface area contributed by atoms with Gasteiger partial charge in [0.25, 0.3) is 5.91 Å². The van der Waals surface area contributed by atoms with Gasteiger partial charge < -0.3 is 19.4 Å². The van der Waals surface area contributed by atoms with Crippen LogP contribution in [0.3, 0.4) is 0 Å². The van der Waals surface area contributed by atoms with Gasteiger partial charge in [0.1, 0.15) is 11.8 Å². The SMILES string of the molecule is Cn1c(C(=O)N[C@@H]2CCOC[C@H]2OCc2cscn2)cc2ccccc21. The van der Waals surface area contributed by atoms with Gasteiger partial charge in [0.2, 0.25) is 0 Å². The average molecular weight is 371 g/mol. The molecule has 0 bridgehead atoms. The number of fused-ring (bicyclic) bond motifs is 1. The second-order valence-electron chi connectivity index (χ2n) is 6.42. The summed E-state index contributed by atoms with van der Waals surface area (Å²) in [6.45, 7) is 1.53. The van der Waals surface area contributed by atoms with Gasteiger partial charge in [0.05, 0.1) is 30.5 Å². The number of carbonyl (C=O) groups is 1. The van der Waals surface area contributed by atoms with Crippen LogP contribution in [-0.4, -0.2) is 40.8 Å². The summed E-state index contributed by atoms with van der Waals surface area (Å²) >= 11 is 1.54. The summed E-state index contributed by atoms with van der Waals surface area (Å²) in [4.78, 5) is 17.1. The van der Waals surface area contributed by atoms with E-state index in [-0.39, 0.29) is 18.1 Å². The molecule has 0 spiro atoms. The zero-order valence-corrected chi connectivity index (χ0v) is 15.4. The molecule has 136 valence electrons. The predicted molar refractivity (Wildman–Crippen MR) is 100 cm³/mol. The zero-order chi connectivity index (χ0) is 17.9. The van der Waals surface area contributed by atoms with E-state index in [4.69, 9.17) is 9.47 Å². The summed E-state index contributed by atoms with van der Waals surface area (Å²) in [6.07, 6.45) is 0.557. The second-order valence-corrected chi connectivity index (χ2v) is 7.14. The molecule has 1 fully saturated rings. The van der Waals surface area contributed by atoms with E-state index in [1.165, 1.54) is 0 Å². The number of benzene rings is 1. The van der Waals surface area contributed by atoms with Crippen molar-refractivity contribution in [2.75, 3.05) is 13.2 Å². The minimum Gasteiger partial charge on any atom is -0.379 e. The van der Waals surface area contributed by atoms with Crippen LogP contribution in [0.4, 0.5) is 0 Å². The minimum atomic E-state index is -0.177. The predicted octanol–water partition coefficient (Wildman–Crippen LogP) is 2.74. The number of nitrogens with one attached hydrogen (secondary N) is 1. The molecule has 3 aromatic rings. The summed E-state index contributed by atoms with van der Waals surface area (Å²) < 4.78 is 13.4. The van der Waals surface area contributed by atoms with Crippen molar-refractivity contribution in [1.29, 1.82) is 0 Å². The third-order valence-corrected chi connectivity index (χ3v) is 5.37. The Labute approximate surface area is 155 Å². The lowest BCUT2D eigenvalue weighted by molar-refractivity contribution is -0.0742. The van der Waals surface area contributed by atoms with Gasteiger partial charge in [-0.1, -0.05) is 18.2 Å². The Morgan fingerprint density at radius 1 is 1.46 bits per heavy atom. The van der Waals surface area contributed by atoms with Crippen molar-refractivity contribution in [3.05, 3.63) is 52.6 Å². The molecule has 1 saturated heterocycles. The lowest BCUT2D eigenvalue weighted by atomic mass is 10.1. The Morgan fingerprint density at radius 3 is 3.15 bits per heavy atom. The molecule has 0 unspecified atom stereocenters. The van der Waals surface area contributed by atoms with Crippen molar-refractivity contribution in [2.24, 2.45) is 7.05 Å². The number of carbonyl (C=O) groups excluding carboxylic acids is 1.